The van der Waals surface area contributed by atoms with E-state index in [0.29, 0.717) is 23.8 Å². The molecule has 4 nitrogen and oxygen atoms in total. The number of nitrogens with one attached hydrogen (secondary N) is 1. The predicted octanol–water partition coefficient (Wildman–Crippen LogP) is 4.19. The first kappa shape index (κ1) is 19.3. The number of nitrogens with zero attached hydrogens (tertiary/aromatic N) is 2. The van der Waals surface area contributed by atoms with E-state index < -0.39 is 0 Å². The normalized spacial score (nSPS) is 25.3. The van der Waals surface area contributed by atoms with Crippen molar-refractivity contribution < 1.29 is 4.79 Å². The van der Waals surface area contributed by atoms with Crippen molar-refractivity contribution in [2.75, 3.05) is 20.6 Å². The van der Waals surface area contributed by atoms with E-state index in [1.165, 1.54) is 57.1 Å². The minimum Gasteiger partial charge on any atom is -0.356 e. The highest BCUT2D eigenvalue weighted by molar-refractivity contribution is 5.76. The van der Waals surface area contributed by atoms with Crippen LogP contribution < -0.4 is 5.32 Å². The van der Waals surface area contributed by atoms with E-state index in [0.717, 1.165) is 13.0 Å². The summed E-state index contributed by atoms with van der Waals surface area (Å²) in [6.45, 7) is 0.870. The monoisotopic (exact) mass is 357 g/mol. The Morgan fingerprint density at radius 3 is 2.46 bits per heavy atom. The van der Waals surface area contributed by atoms with Crippen molar-refractivity contribution in [2.45, 2.75) is 63.8 Å². The van der Waals surface area contributed by atoms with Gasteiger partial charge in [-0.3, -0.25) is 9.78 Å². The second kappa shape index (κ2) is 9.50. The van der Waals surface area contributed by atoms with E-state index in [4.69, 9.17) is 0 Å². The van der Waals surface area contributed by atoms with Crippen molar-refractivity contribution in [2.24, 2.45) is 17.8 Å². The van der Waals surface area contributed by atoms with Crippen LogP contribution in [0.1, 0.15) is 69.5 Å². The molecule has 1 aromatic rings. The van der Waals surface area contributed by atoms with Gasteiger partial charge >= 0.3 is 0 Å². The second-order valence-corrected chi connectivity index (χ2v) is 8.60. The Morgan fingerprint density at radius 1 is 1.12 bits per heavy atom. The van der Waals surface area contributed by atoms with E-state index in [-0.39, 0.29) is 5.91 Å². The van der Waals surface area contributed by atoms with Crippen LogP contribution in [0.3, 0.4) is 0 Å². The minimum atomic E-state index is 0.277. The van der Waals surface area contributed by atoms with E-state index >= 15 is 0 Å². The maximum Gasteiger partial charge on any atom is 0.220 e. The highest BCUT2D eigenvalue weighted by Crippen LogP contribution is 2.38. The molecule has 0 aliphatic heterocycles. The Labute approximate surface area is 158 Å². The fourth-order valence-electron chi connectivity index (χ4n) is 4.99. The van der Waals surface area contributed by atoms with Crippen LogP contribution in [0.2, 0.25) is 0 Å². The molecule has 0 radical (unpaired) electrons. The molecule has 1 atom stereocenters. The van der Waals surface area contributed by atoms with E-state index in [1.54, 1.807) is 0 Å². The van der Waals surface area contributed by atoms with Crippen LogP contribution in [0.15, 0.2) is 24.4 Å². The van der Waals surface area contributed by atoms with Gasteiger partial charge in [-0.05, 0) is 82.5 Å². The molecule has 2 aliphatic rings. The first-order valence-corrected chi connectivity index (χ1v) is 10.5. The van der Waals surface area contributed by atoms with Crippen molar-refractivity contribution in [3.05, 3.63) is 30.1 Å². The van der Waals surface area contributed by atoms with Crippen LogP contribution in [-0.2, 0) is 4.79 Å². The molecule has 0 aromatic carbocycles. The molecular weight excluding hydrogens is 322 g/mol. The molecule has 144 valence electrons. The Bertz CT molecular complexity index is 546. The average molecular weight is 358 g/mol. The summed E-state index contributed by atoms with van der Waals surface area (Å²) < 4.78 is 0. The van der Waals surface area contributed by atoms with Crippen molar-refractivity contribution in [3.8, 4) is 0 Å². The van der Waals surface area contributed by atoms with Gasteiger partial charge in [0.25, 0.3) is 0 Å². The van der Waals surface area contributed by atoms with Gasteiger partial charge in [-0.1, -0.05) is 18.9 Å². The molecule has 2 saturated carbocycles. The lowest BCUT2D eigenvalue weighted by Crippen LogP contribution is -2.35. The summed E-state index contributed by atoms with van der Waals surface area (Å²) in [5, 5.41) is 3.22. The molecular formula is C22H35N3O. The summed E-state index contributed by atoms with van der Waals surface area (Å²) in [4.78, 5) is 19.1. The first-order chi connectivity index (χ1) is 12.6. The van der Waals surface area contributed by atoms with Gasteiger partial charge in [0, 0.05) is 19.2 Å². The zero-order chi connectivity index (χ0) is 18.4. The Balaban J connectivity index is 1.43. The number of aromatic nitrogens is 1. The molecule has 26 heavy (non-hydrogen) atoms. The molecule has 0 saturated heterocycles. The van der Waals surface area contributed by atoms with Crippen molar-refractivity contribution in [1.82, 2.24) is 15.2 Å². The summed E-state index contributed by atoms with van der Waals surface area (Å²) in [5.74, 6) is 2.22. The topological polar surface area (TPSA) is 45.2 Å². The largest absolute Gasteiger partial charge is 0.356 e. The third-order valence-corrected chi connectivity index (χ3v) is 6.42. The summed E-state index contributed by atoms with van der Waals surface area (Å²) in [6.07, 6.45) is 12.6. The zero-order valence-electron chi connectivity index (χ0n) is 16.5. The highest BCUT2D eigenvalue weighted by Gasteiger charge is 2.30. The summed E-state index contributed by atoms with van der Waals surface area (Å²) in [6, 6.07) is 6.63. The Kier molecular flexibility index (Phi) is 7.07. The van der Waals surface area contributed by atoms with Gasteiger partial charge in [0.05, 0.1) is 11.7 Å². The molecule has 2 aliphatic carbocycles. The standard InChI is InChI=1S/C22H35N3O/c1-25(2)22(20-9-5-6-14-23-20)19-12-10-18(11-13-19)16-24-21(26)15-17-7-3-4-8-17/h5-6,9,14,17-19,22H,3-4,7-8,10-13,15-16H2,1-2H3,(H,24,26)/t18?,19?,22-/m1/s1. The number of hydrogen-bond donors (Lipinski definition) is 1. The number of amides is 1. The van der Waals surface area contributed by atoms with Crippen molar-refractivity contribution in [3.63, 3.8) is 0 Å². The van der Waals surface area contributed by atoms with Gasteiger partial charge in [0.2, 0.25) is 5.91 Å². The van der Waals surface area contributed by atoms with E-state index in [9.17, 15) is 4.79 Å². The van der Waals surface area contributed by atoms with E-state index in [1.807, 2.05) is 12.3 Å². The molecule has 0 spiro atoms. The van der Waals surface area contributed by atoms with Crippen molar-refractivity contribution in [1.29, 1.82) is 0 Å². The fourth-order valence-corrected chi connectivity index (χ4v) is 4.99. The first-order valence-electron chi connectivity index (χ1n) is 10.5. The molecule has 1 N–H and O–H groups in total. The van der Waals surface area contributed by atoms with Crippen molar-refractivity contribution >= 4 is 5.91 Å². The summed E-state index contributed by atoms with van der Waals surface area (Å²) in [7, 11) is 4.32. The smallest absolute Gasteiger partial charge is 0.220 e. The van der Waals surface area contributed by atoms with Gasteiger partial charge in [-0.2, -0.15) is 0 Å². The molecule has 1 amide bonds. The second-order valence-electron chi connectivity index (χ2n) is 8.60. The average Bonchev–Trinajstić information content (AvgIpc) is 3.15. The number of carbonyl (C=O) groups is 1. The van der Waals surface area contributed by atoms with E-state index in [2.05, 4.69) is 41.4 Å². The molecule has 1 heterocycles. The Hall–Kier alpha value is -1.42. The highest BCUT2D eigenvalue weighted by atomic mass is 16.1. The molecule has 0 bridgehead atoms. The maximum atomic E-state index is 12.2. The number of rotatable bonds is 7. The van der Waals surface area contributed by atoms with Gasteiger partial charge in [0.15, 0.2) is 0 Å². The quantitative estimate of drug-likeness (QED) is 0.796. The predicted molar refractivity (Wildman–Crippen MR) is 106 cm³/mol. The lowest BCUT2D eigenvalue weighted by atomic mass is 9.77. The fraction of sp³-hybridized carbons (Fsp3) is 0.727. The molecule has 1 aromatic heterocycles. The van der Waals surface area contributed by atoms with Crippen LogP contribution in [0.4, 0.5) is 0 Å². The van der Waals surface area contributed by atoms with Crippen LogP contribution in [-0.4, -0.2) is 36.4 Å². The summed E-state index contributed by atoms with van der Waals surface area (Å²) >= 11 is 0. The number of hydrogen-bond acceptors (Lipinski definition) is 3. The molecule has 2 fully saturated rings. The molecule has 4 heteroatoms. The number of carbonyl (C=O) groups excluding carboxylic acids is 1. The third kappa shape index (κ3) is 5.29. The van der Waals surface area contributed by atoms with Gasteiger partial charge in [-0.25, -0.2) is 0 Å². The number of pyridine rings is 1. The minimum absolute atomic E-state index is 0.277. The lowest BCUT2D eigenvalue weighted by molar-refractivity contribution is -0.122. The third-order valence-electron chi connectivity index (χ3n) is 6.42. The van der Waals surface area contributed by atoms with Crippen LogP contribution >= 0.6 is 0 Å². The van der Waals surface area contributed by atoms with Crippen LogP contribution in [0, 0.1) is 17.8 Å². The molecule has 0 unspecified atom stereocenters. The van der Waals surface area contributed by atoms with Crippen LogP contribution in [0.5, 0.6) is 0 Å². The van der Waals surface area contributed by atoms with Crippen LogP contribution in [0.25, 0.3) is 0 Å². The Morgan fingerprint density at radius 2 is 1.85 bits per heavy atom. The van der Waals surface area contributed by atoms with Gasteiger partial charge < -0.3 is 10.2 Å². The zero-order valence-corrected chi connectivity index (χ0v) is 16.5. The van der Waals surface area contributed by atoms with Gasteiger partial charge in [0.1, 0.15) is 0 Å². The molecule has 3 rings (SSSR count). The van der Waals surface area contributed by atoms with Gasteiger partial charge in [-0.15, -0.1) is 0 Å². The maximum absolute atomic E-state index is 12.2. The lowest BCUT2D eigenvalue weighted by Gasteiger charge is -2.37. The SMILES string of the molecule is CN(C)[C@@H](c1ccccn1)C1CCC(CNC(=O)CC2CCCC2)CC1. The summed E-state index contributed by atoms with van der Waals surface area (Å²) in [5.41, 5.74) is 1.19.